The van der Waals surface area contributed by atoms with Gasteiger partial charge in [0.25, 0.3) is 0 Å². The molecule has 0 aliphatic rings. The van der Waals surface area contributed by atoms with Gasteiger partial charge >= 0.3 is 0 Å². The van der Waals surface area contributed by atoms with E-state index in [4.69, 9.17) is 4.74 Å². The second kappa shape index (κ2) is 5.85. The van der Waals surface area contributed by atoms with E-state index in [-0.39, 0.29) is 11.9 Å². The largest absolute Gasteiger partial charge is 0.489 e. The molecule has 1 aromatic carbocycles. The predicted octanol–water partition coefficient (Wildman–Crippen LogP) is 2.90. The number of nitrogens with one attached hydrogen (secondary N) is 1. The molecule has 0 amide bonds. The Labute approximate surface area is 96.8 Å². The predicted molar refractivity (Wildman–Crippen MR) is 64.4 cm³/mol. The number of aryl methyl sites for hydroxylation is 1. The van der Waals surface area contributed by atoms with E-state index in [9.17, 15) is 4.39 Å². The first-order valence-electron chi connectivity index (χ1n) is 5.65. The van der Waals surface area contributed by atoms with Crippen LogP contribution in [-0.4, -0.2) is 18.7 Å². The average Bonchev–Trinajstić information content (AvgIpc) is 2.20. The molecule has 1 N–H and O–H groups in total. The molecule has 0 fully saturated rings. The van der Waals surface area contributed by atoms with Gasteiger partial charge in [-0.15, -0.1) is 0 Å². The van der Waals surface area contributed by atoms with Gasteiger partial charge in [-0.1, -0.05) is 19.9 Å². The monoisotopic (exact) mass is 225 g/mol. The Hall–Kier alpha value is -1.09. The molecule has 1 aromatic rings. The minimum absolute atomic E-state index is 0.0305. The Bertz CT molecular complexity index is 339. The molecule has 0 bridgehead atoms. The quantitative estimate of drug-likeness (QED) is 0.832. The summed E-state index contributed by atoms with van der Waals surface area (Å²) in [5.41, 5.74) is 0.956. The zero-order chi connectivity index (χ0) is 12.1. The third kappa shape index (κ3) is 4.19. The molecule has 0 aromatic heterocycles. The van der Waals surface area contributed by atoms with Crippen LogP contribution in [-0.2, 0) is 0 Å². The summed E-state index contributed by atoms with van der Waals surface area (Å²) >= 11 is 0. The van der Waals surface area contributed by atoms with Crippen molar-refractivity contribution in [1.29, 1.82) is 0 Å². The van der Waals surface area contributed by atoms with E-state index in [1.165, 1.54) is 12.1 Å². The van der Waals surface area contributed by atoms with Gasteiger partial charge in [0.15, 0.2) is 0 Å². The molecule has 0 aliphatic carbocycles. The van der Waals surface area contributed by atoms with Crippen LogP contribution >= 0.6 is 0 Å². The summed E-state index contributed by atoms with van der Waals surface area (Å²) < 4.78 is 18.7. The summed E-state index contributed by atoms with van der Waals surface area (Å²) in [6.45, 7) is 8.81. The fourth-order valence-corrected chi connectivity index (χ4v) is 1.36. The van der Waals surface area contributed by atoms with Crippen LogP contribution in [0.1, 0.15) is 26.3 Å². The van der Waals surface area contributed by atoms with Gasteiger partial charge in [-0.3, -0.25) is 0 Å². The summed E-state index contributed by atoms with van der Waals surface area (Å²) in [6.07, 6.45) is 0.0305. The molecule has 0 radical (unpaired) electrons. The van der Waals surface area contributed by atoms with Crippen LogP contribution < -0.4 is 10.1 Å². The first-order valence-corrected chi connectivity index (χ1v) is 5.65. The standard InChI is InChI=1S/C13H20FNO/c1-9(2)15-8-11(4)16-13-7-12(14)6-5-10(13)3/h5-7,9,11,15H,8H2,1-4H3. The van der Waals surface area contributed by atoms with E-state index in [2.05, 4.69) is 19.2 Å². The molecule has 0 spiro atoms. The van der Waals surface area contributed by atoms with E-state index in [1.807, 2.05) is 13.8 Å². The van der Waals surface area contributed by atoms with E-state index < -0.39 is 0 Å². The molecule has 1 atom stereocenters. The van der Waals surface area contributed by atoms with Gasteiger partial charge in [0.2, 0.25) is 0 Å². The second-order valence-corrected chi connectivity index (χ2v) is 4.40. The van der Waals surface area contributed by atoms with Crippen molar-refractivity contribution < 1.29 is 9.13 Å². The topological polar surface area (TPSA) is 21.3 Å². The lowest BCUT2D eigenvalue weighted by Crippen LogP contribution is -2.33. The molecule has 0 heterocycles. The van der Waals surface area contributed by atoms with Crippen LogP contribution in [0.2, 0.25) is 0 Å². The van der Waals surface area contributed by atoms with Crippen LogP contribution in [0.15, 0.2) is 18.2 Å². The second-order valence-electron chi connectivity index (χ2n) is 4.40. The van der Waals surface area contributed by atoms with Crippen LogP contribution in [0.5, 0.6) is 5.75 Å². The van der Waals surface area contributed by atoms with Crippen molar-refractivity contribution in [2.45, 2.75) is 39.8 Å². The van der Waals surface area contributed by atoms with Crippen molar-refractivity contribution in [2.75, 3.05) is 6.54 Å². The fraction of sp³-hybridized carbons (Fsp3) is 0.538. The third-order valence-corrected chi connectivity index (χ3v) is 2.29. The van der Waals surface area contributed by atoms with Crippen LogP contribution in [0.25, 0.3) is 0 Å². The normalized spacial score (nSPS) is 12.9. The van der Waals surface area contributed by atoms with Gasteiger partial charge in [0, 0.05) is 18.7 Å². The van der Waals surface area contributed by atoms with Crippen molar-refractivity contribution >= 4 is 0 Å². The molecule has 1 unspecified atom stereocenters. The van der Waals surface area contributed by atoms with Gasteiger partial charge in [-0.2, -0.15) is 0 Å². The van der Waals surface area contributed by atoms with Crippen LogP contribution in [0.3, 0.4) is 0 Å². The molecular weight excluding hydrogens is 205 g/mol. The summed E-state index contributed by atoms with van der Waals surface area (Å²) in [6, 6.07) is 5.04. The molecule has 1 rings (SSSR count). The minimum Gasteiger partial charge on any atom is -0.489 e. The zero-order valence-corrected chi connectivity index (χ0v) is 10.4. The average molecular weight is 225 g/mol. The van der Waals surface area contributed by atoms with Crippen molar-refractivity contribution in [3.05, 3.63) is 29.6 Å². The molecule has 90 valence electrons. The summed E-state index contributed by atoms with van der Waals surface area (Å²) in [4.78, 5) is 0. The minimum atomic E-state index is -0.260. The highest BCUT2D eigenvalue weighted by Crippen LogP contribution is 2.19. The molecule has 0 saturated carbocycles. The van der Waals surface area contributed by atoms with Gasteiger partial charge in [-0.05, 0) is 25.5 Å². The lowest BCUT2D eigenvalue weighted by molar-refractivity contribution is 0.211. The third-order valence-electron chi connectivity index (χ3n) is 2.29. The van der Waals surface area contributed by atoms with Crippen LogP contribution in [0.4, 0.5) is 4.39 Å². The fourth-order valence-electron chi connectivity index (χ4n) is 1.36. The molecule has 2 nitrogen and oxygen atoms in total. The molecule has 3 heteroatoms. The van der Waals surface area contributed by atoms with Crippen LogP contribution in [0, 0.1) is 12.7 Å². The molecule has 0 saturated heterocycles. The van der Waals surface area contributed by atoms with E-state index in [1.54, 1.807) is 6.07 Å². The number of benzene rings is 1. The van der Waals surface area contributed by atoms with Crippen molar-refractivity contribution in [3.8, 4) is 5.75 Å². The van der Waals surface area contributed by atoms with Crippen molar-refractivity contribution in [1.82, 2.24) is 5.32 Å². The van der Waals surface area contributed by atoms with Crippen molar-refractivity contribution in [3.63, 3.8) is 0 Å². The van der Waals surface area contributed by atoms with Gasteiger partial charge < -0.3 is 10.1 Å². The number of rotatable bonds is 5. The highest BCUT2D eigenvalue weighted by atomic mass is 19.1. The maximum atomic E-state index is 13.0. The first-order chi connectivity index (χ1) is 7.49. The highest BCUT2D eigenvalue weighted by molar-refractivity contribution is 5.32. The maximum absolute atomic E-state index is 13.0. The number of halogens is 1. The maximum Gasteiger partial charge on any atom is 0.126 e. The molecule has 16 heavy (non-hydrogen) atoms. The smallest absolute Gasteiger partial charge is 0.126 e. The van der Waals surface area contributed by atoms with E-state index in [0.717, 1.165) is 12.1 Å². The zero-order valence-electron chi connectivity index (χ0n) is 10.4. The first kappa shape index (κ1) is 13.0. The Kier molecular flexibility index (Phi) is 4.74. The SMILES string of the molecule is Cc1ccc(F)cc1OC(C)CNC(C)C. The van der Waals surface area contributed by atoms with Gasteiger partial charge in [-0.25, -0.2) is 4.39 Å². The Morgan fingerprint density at radius 2 is 2.00 bits per heavy atom. The Balaban J connectivity index is 2.55. The van der Waals surface area contributed by atoms with Gasteiger partial charge in [0.05, 0.1) is 0 Å². The highest BCUT2D eigenvalue weighted by Gasteiger charge is 2.07. The Morgan fingerprint density at radius 1 is 1.31 bits per heavy atom. The van der Waals surface area contributed by atoms with E-state index in [0.29, 0.717) is 11.8 Å². The number of hydrogen-bond acceptors (Lipinski definition) is 2. The van der Waals surface area contributed by atoms with Gasteiger partial charge in [0.1, 0.15) is 17.7 Å². The molecular formula is C13H20FNO. The van der Waals surface area contributed by atoms with E-state index >= 15 is 0 Å². The number of hydrogen-bond donors (Lipinski definition) is 1. The summed E-state index contributed by atoms with van der Waals surface area (Å²) in [5, 5.41) is 3.28. The molecule has 0 aliphatic heterocycles. The van der Waals surface area contributed by atoms with Crippen molar-refractivity contribution in [2.24, 2.45) is 0 Å². The Morgan fingerprint density at radius 3 is 2.62 bits per heavy atom. The lowest BCUT2D eigenvalue weighted by atomic mass is 10.2. The summed E-state index contributed by atoms with van der Waals surface area (Å²) in [7, 11) is 0. The summed E-state index contributed by atoms with van der Waals surface area (Å²) in [5.74, 6) is 0.364. The lowest BCUT2D eigenvalue weighted by Gasteiger charge is -2.18. The number of ether oxygens (including phenoxy) is 1.